The predicted octanol–water partition coefficient (Wildman–Crippen LogP) is 11.5. The van der Waals surface area contributed by atoms with Gasteiger partial charge in [0.25, 0.3) is 0 Å². The third-order valence-electron chi connectivity index (χ3n) is 9.21. The van der Waals surface area contributed by atoms with Gasteiger partial charge in [0.05, 0.1) is 11.0 Å². The predicted molar refractivity (Wildman–Crippen MR) is 188 cm³/mol. The molecule has 7 aromatic carbocycles. The highest BCUT2D eigenvalue weighted by atomic mass is 15.1. The van der Waals surface area contributed by atoms with E-state index in [1.807, 2.05) is 0 Å². The number of aryl methyl sites for hydroxylation is 1. The van der Waals surface area contributed by atoms with Gasteiger partial charge in [-0.25, -0.2) is 0 Å². The first-order valence-corrected chi connectivity index (χ1v) is 15.4. The molecule has 0 spiro atoms. The SMILES string of the molecule is C1=Cc2ccc3ccc4ccc(N(c5ccccc5)c5ccc(-n6c7ccccc7c7ccccc76)cc5)cc4c3c2CC1. The van der Waals surface area contributed by atoms with E-state index in [4.69, 9.17) is 0 Å². The molecule has 2 nitrogen and oxygen atoms in total. The molecule has 1 aliphatic carbocycles. The summed E-state index contributed by atoms with van der Waals surface area (Å²) in [6, 6.07) is 53.1. The highest BCUT2D eigenvalue weighted by Crippen LogP contribution is 2.40. The minimum Gasteiger partial charge on any atom is -0.310 e. The van der Waals surface area contributed by atoms with Crippen LogP contribution in [0.25, 0.3) is 55.1 Å². The van der Waals surface area contributed by atoms with Crippen LogP contribution in [-0.4, -0.2) is 4.57 Å². The van der Waals surface area contributed by atoms with Gasteiger partial charge in [-0.15, -0.1) is 0 Å². The Labute approximate surface area is 256 Å². The summed E-state index contributed by atoms with van der Waals surface area (Å²) in [5, 5.41) is 7.85. The summed E-state index contributed by atoms with van der Waals surface area (Å²) >= 11 is 0. The summed E-state index contributed by atoms with van der Waals surface area (Å²) in [6.45, 7) is 0. The van der Waals surface area contributed by atoms with Crippen molar-refractivity contribution in [2.75, 3.05) is 4.90 Å². The normalized spacial score (nSPS) is 12.7. The van der Waals surface area contributed by atoms with Crippen LogP contribution in [0.15, 0.2) is 152 Å². The third kappa shape index (κ3) is 3.88. The third-order valence-corrected chi connectivity index (χ3v) is 9.21. The van der Waals surface area contributed by atoms with E-state index in [2.05, 4.69) is 167 Å². The van der Waals surface area contributed by atoms with Crippen molar-refractivity contribution in [3.8, 4) is 5.69 Å². The second kappa shape index (κ2) is 10.00. The minimum atomic E-state index is 1.08. The molecular weight excluding hydrogens is 532 g/mol. The first-order valence-electron chi connectivity index (χ1n) is 15.4. The van der Waals surface area contributed by atoms with Crippen molar-refractivity contribution in [1.82, 2.24) is 4.57 Å². The molecule has 0 N–H and O–H groups in total. The van der Waals surface area contributed by atoms with Crippen LogP contribution in [0, 0.1) is 0 Å². The summed E-state index contributed by atoms with van der Waals surface area (Å²) in [6.07, 6.45) is 6.76. The fraction of sp³-hybridized carbons (Fsp3) is 0.0476. The lowest BCUT2D eigenvalue weighted by Gasteiger charge is -2.26. The van der Waals surface area contributed by atoms with Crippen LogP contribution in [0.3, 0.4) is 0 Å². The monoisotopic (exact) mass is 562 g/mol. The number of para-hydroxylation sites is 3. The molecule has 44 heavy (non-hydrogen) atoms. The van der Waals surface area contributed by atoms with Gasteiger partial charge in [0, 0.05) is 33.5 Å². The molecule has 208 valence electrons. The molecule has 1 aromatic heterocycles. The van der Waals surface area contributed by atoms with Crippen molar-refractivity contribution in [1.29, 1.82) is 0 Å². The summed E-state index contributed by atoms with van der Waals surface area (Å²) in [4.78, 5) is 2.38. The van der Waals surface area contributed by atoms with Crippen molar-refractivity contribution < 1.29 is 0 Å². The highest BCUT2D eigenvalue weighted by molar-refractivity contribution is 6.12. The molecule has 0 fully saturated rings. The van der Waals surface area contributed by atoms with Gasteiger partial charge in [0.2, 0.25) is 0 Å². The second-order valence-corrected chi connectivity index (χ2v) is 11.7. The Kier molecular flexibility index (Phi) is 5.67. The van der Waals surface area contributed by atoms with Gasteiger partial charge in [-0.05, 0) is 106 Å². The van der Waals surface area contributed by atoms with Crippen LogP contribution in [0.5, 0.6) is 0 Å². The minimum absolute atomic E-state index is 1.08. The summed E-state index contributed by atoms with van der Waals surface area (Å²) in [5.74, 6) is 0. The molecule has 0 saturated heterocycles. The lowest BCUT2D eigenvalue weighted by atomic mass is 9.89. The molecule has 8 aromatic rings. The Morgan fingerprint density at radius 2 is 1.11 bits per heavy atom. The van der Waals surface area contributed by atoms with Crippen molar-refractivity contribution in [2.45, 2.75) is 12.8 Å². The number of allylic oxidation sites excluding steroid dienone is 1. The maximum absolute atomic E-state index is 2.39. The van der Waals surface area contributed by atoms with Crippen molar-refractivity contribution in [2.24, 2.45) is 0 Å². The summed E-state index contributed by atoms with van der Waals surface area (Å²) in [7, 11) is 0. The molecule has 1 aliphatic rings. The van der Waals surface area contributed by atoms with Crippen LogP contribution < -0.4 is 4.90 Å². The zero-order valence-corrected chi connectivity index (χ0v) is 24.3. The molecule has 0 radical (unpaired) electrons. The Balaban J connectivity index is 1.22. The number of hydrogen-bond acceptors (Lipinski definition) is 1. The number of rotatable bonds is 4. The number of fused-ring (bicyclic) bond motifs is 8. The fourth-order valence-corrected chi connectivity index (χ4v) is 7.20. The average molecular weight is 563 g/mol. The second-order valence-electron chi connectivity index (χ2n) is 11.7. The number of anilines is 3. The quantitative estimate of drug-likeness (QED) is 0.194. The first kappa shape index (κ1) is 24.9. The average Bonchev–Trinajstić information content (AvgIpc) is 3.43. The highest BCUT2D eigenvalue weighted by Gasteiger charge is 2.17. The van der Waals surface area contributed by atoms with Crippen LogP contribution in [-0.2, 0) is 6.42 Å². The Morgan fingerprint density at radius 1 is 0.500 bits per heavy atom. The topological polar surface area (TPSA) is 8.17 Å². The Morgan fingerprint density at radius 3 is 1.89 bits per heavy atom. The van der Waals surface area contributed by atoms with Gasteiger partial charge >= 0.3 is 0 Å². The zero-order valence-electron chi connectivity index (χ0n) is 24.3. The van der Waals surface area contributed by atoms with E-state index >= 15 is 0 Å². The molecule has 9 rings (SSSR count). The van der Waals surface area contributed by atoms with Gasteiger partial charge in [0.15, 0.2) is 0 Å². The van der Waals surface area contributed by atoms with Crippen LogP contribution >= 0.6 is 0 Å². The number of nitrogens with zero attached hydrogens (tertiary/aromatic N) is 2. The smallest absolute Gasteiger partial charge is 0.0541 e. The number of benzene rings is 7. The maximum atomic E-state index is 2.39. The summed E-state index contributed by atoms with van der Waals surface area (Å²) < 4.78 is 2.38. The van der Waals surface area contributed by atoms with Gasteiger partial charge in [-0.3, -0.25) is 0 Å². The van der Waals surface area contributed by atoms with Crippen LogP contribution in [0.4, 0.5) is 17.1 Å². The van der Waals surface area contributed by atoms with Gasteiger partial charge in [-0.1, -0.05) is 97.1 Å². The number of hydrogen-bond donors (Lipinski definition) is 0. The Bertz CT molecular complexity index is 2320. The fourth-order valence-electron chi connectivity index (χ4n) is 7.20. The van der Waals surface area contributed by atoms with Crippen molar-refractivity contribution >= 4 is 66.5 Å². The molecule has 2 heteroatoms. The van der Waals surface area contributed by atoms with Crippen molar-refractivity contribution in [3.63, 3.8) is 0 Å². The molecule has 0 aliphatic heterocycles. The molecule has 0 unspecified atom stereocenters. The molecule has 0 amide bonds. The molecule has 0 atom stereocenters. The lowest BCUT2D eigenvalue weighted by molar-refractivity contribution is 0.998. The Hall–Kier alpha value is -5.60. The van der Waals surface area contributed by atoms with E-state index in [1.165, 1.54) is 54.5 Å². The van der Waals surface area contributed by atoms with Crippen LogP contribution in [0.1, 0.15) is 17.5 Å². The van der Waals surface area contributed by atoms with Gasteiger partial charge in [0.1, 0.15) is 0 Å². The lowest BCUT2D eigenvalue weighted by Crippen LogP contribution is -2.10. The zero-order chi connectivity index (χ0) is 29.0. The van der Waals surface area contributed by atoms with E-state index in [-0.39, 0.29) is 0 Å². The van der Waals surface area contributed by atoms with E-state index in [0.717, 1.165) is 35.6 Å². The van der Waals surface area contributed by atoms with Crippen LogP contribution in [0.2, 0.25) is 0 Å². The van der Waals surface area contributed by atoms with Gasteiger partial charge < -0.3 is 9.47 Å². The van der Waals surface area contributed by atoms with E-state index < -0.39 is 0 Å². The van der Waals surface area contributed by atoms with E-state index in [1.54, 1.807) is 0 Å². The first-order chi connectivity index (χ1) is 21.8. The largest absolute Gasteiger partial charge is 0.310 e. The molecule has 0 saturated carbocycles. The summed E-state index contributed by atoms with van der Waals surface area (Å²) in [5.41, 5.74) is 9.85. The standard InChI is InChI=1S/C42H30N2/c1-2-11-32(12-3-1)43(35-23-22-30-19-21-31-20-18-29-10-4-5-13-36(29)42(31)39(30)28-35)33-24-26-34(27-25-33)44-40-16-8-6-14-37(40)38-15-7-9-17-41(38)44/h1-4,6-12,14-28H,5,13H2. The van der Waals surface area contributed by atoms with E-state index in [0.29, 0.717) is 0 Å². The van der Waals surface area contributed by atoms with Crippen molar-refractivity contribution in [3.05, 3.63) is 163 Å². The number of aromatic nitrogens is 1. The van der Waals surface area contributed by atoms with E-state index in [9.17, 15) is 0 Å². The maximum Gasteiger partial charge on any atom is 0.0541 e. The molecule has 1 heterocycles. The molecular formula is C42H30N2. The molecule has 0 bridgehead atoms. The van der Waals surface area contributed by atoms with Gasteiger partial charge in [-0.2, -0.15) is 0 Å².